The van der Waals surface area contributed by atoms with E-state index in [9.17, 15) is 4.79 Å². The third kappa shape index (κ3) is 5.73. The number of aryl methyl sites for hydroxylation is 1. The van der Waals surface area contributed by atoms with E-state index in [0.717, 1.165) is 28.1 Å². The molecule has 1 N–H and O–H groups in total. The monoisotopic (exact) mass is 424 g/mol. The number of ether oxygens (including phenoxy) is 1. The van der Waals surface area contributed by atoms with Gasteiger partial charge < -0.3 is 14.9 Å². The maximum atomic E-state index is 11.9. The van der Waals surface area contributed by atoms with Gasteiger partial charge in [-0.2, -0.15) is 0 Å². The minimum Gasteiger partial charge on any atom is -0.489 e. The molecule has 0 aliphatic rings. The quantitative estimate of drug-likeness (QED) is 0.291. The first-order chi connectivity index (χ1) is 15.7. The van der Waals surface area contributed by atoms with Gasteiger partial charge in [0.1, 0.15) is 12.4 Å². The molecule has 0 saturated heterocycles. The Kier molecular flexibility index (Phi) is 6.78. The van der Waals surface area contributed by atoms with E-state index in [1.54, 1.807) is 6.21 Å². The summed E-state index contributed by atoms with van der Waals surface area (Å²) in [4.78, 5) is 17.0. The number of oxime groups is 1. The third-order valence-electron chi connectivity index (χ3n) is 4.96. The summed E-state index contributed by atoms with van der Waals surface area (Å²) in [6, 6.07) is 29.6. The maximum Gasteiger partial charge on any atom is 0.265 e. The van der Waals surface area contributed by atoms with Crippen molar-refractivity contribution in [2.75, 3.05) is 11.9 Å². The molecule has 4 rings (SSSR count). The molecule has 160 valence electrons. The lowest BCUT2D eigenvalue weighted by Gasteiger charge is -2.09. The van der Waals surface area contributed by atoms with Crippen molar-refractivity contribution in [2.45, 2.75) is 13.5 Å². The van der Waals surface area contributed by atoms with Crippen LogP contribution in [-0.2, 0) is 16.2 Å². The van der Waals surface area contributed by atoms with Crippen molar-refractivity contribution in [3.63, 3.8) is 0 Å². The molecule has 0 heterocycles. The molecule has 5 heteroatoms. The van der Waals surface area contributed by atoms with Gasteiger partial charge in [-0.25, -0.2) is 0 Å². The SMILES string of the molecule is Cc1ccc(NC(=O)CO/N=C/c2ccc(OCc3cccc4ccccc34)cc2)cc1. The van der Waals surface area contributed by atoms with Crippen LogP contribution in [0.25, 0.3) is 10.8 Å². The molecule has 0 saturated carbocycles. The van der Waals surface area contributed by atoms with Crippen LogP contribution in [0.4, 0.5) is 5.69 Å². The average Bonchev–Trinajstić information content (AvgIpc) is 2.83. The minimum atomic E-state index is -0.261. The molecule has 0 aromatic heterocycles. The van der Waals surface area contributed by atoms with Gasteiger partial charge in [-0.3, -0.25) is 4.79 Å². The van der Waals surface area contributed by atoms with Gasteiger partial charge in [0, 0.05) is 5.69 Å². The van der Waals surface area contributed by atoms with Crippen LogP contribution in [0.15, 0.2) is 96.2 Å². The van der Waals surface area contributed by atoms with Gasteiger partial charge in [0.05, 0.1) is 6.21 Å². The van der Waals surface area contributed by atoms with E-state index in [2.05, 4.69) is 34.7 Å². The number of carbonyl (C=O) groups excluding carboxylic acids is 1. The van der Waals surface area contributed by atoms with Gasteiger partial charge in [0.15, 0.2) is 6.61 Å². The first-order valence-electron chi connectivity index (χ1n) is 10.4. The molecule has 4 aromatic rings. The van der Waals surface area contributed by atoms with Crippen LogP contribution in [0, 0.1) is 6.92 Å². The van der Waals surface area contributed by atoms with Crippen LogP contribution < -0.4 is 10.1 Å². The molecule has 0 bridgehead atoms. The van der Waals surface area contributed by atoms with E-state index in [0.29, 0.717) is 6.61 Å². The zero-order chi connectivity index (χ0) is 22.2. The summed E-state index contributed by atoms with van der Waals surface area (Å²) < 4.78 is 5.95. The Balaban J connectivity index is 1.25. The number of nitrogens with one attached hydrogen (secondary N) is 1. The topological polar surface area (TPSA) is 59.9 Å². The fraction of sp³-hybridized carbons (Fsp3) is 0.111. The number of amides is 1. The Morgan fingerprint density at radius 3 is 2.47 bits per heavy atom. The summed E-state index contributed by atoms with van der Waals surface area (Å²) in [5.74, 6) is 0.511. The zero-order valence-corrected chi connectivity index (χ0v) is 17.8. The summed E-state index contributed by atoms with van der Waals surface area (Å²) in [7, 11) is 0. The van der Waals surface area contributed by atoms with Crippen LogP contribution in [-0.4, -0.2) is 18.7 Å². The predicted octanol–water partition coefficient (Wildman–Crippen LogP) is 5.72. The van der Waals surface area contributed by atoms with Gasteiger partial charge in [0.2, 0.25) is 0 Å². The second-order valence-corrected chi connectivity index (χ2v) is 7.42. The molecular weight excluding hydrogens is 400 g/mol. The number of hydrogen-bond acceptors (Lipinski definition) is 4. The van der Waals surface area contributed by atoms with E-state index in [4.69, 9.17) is 9.57 Å². The summed E-state index contributed by atoms with van der Waals surface area (Å²) in [5.41, 5.74) is 3.86. The highest BCUT2D eigenvalue weighted by Gasteiger charge is 2.03. The summed E-state index contributed by atoms with van der Waals surface area (Å²) in [6.45, 7) is 2.33. The fourth-order valence-corrected chi connectivity index (χ4v) is 3.26. The Bertz CT molecular complexity index is 1210. The number of anilines is 1. The Morgan fingerprint density at radius 1 is 0.906 bits per heavy atom. The zero-order valence-electron chi connectivity index (χ0n) is 17.8. The lowest BCUT2D eigenvalue weighted by Crippen LogP contribution is -2.16. The van der Waals surface area contributed by atoms with Crippen LogP contribution in [0.1, 0.15) is 16.7 Å². The molecule has 5 nitrogen and oxygen atoms in total. The minimum absolute atomic E-state index is 0.156. The Labute approximate surface area is 187 Å². The summed E-state index contributed by atoms with van der Waals surface area (Å²) in [5, 5.41) is 9.03. The number of hydrogen-bond donors (Lipinski definition) is 1. The highest BCUT2D eigenvalue weighted by atomic mass is 16.6. The lowest BCUT2D eigenvalue weighted by molar-refractivity contribution is -0.120. The molecule has 4 aromatic carbocycles. The predicted molar refractivity (Wildman–Crippen MR) is 128 cm³/mol. The molecule has 0 fully saturated rings. The lowest BCUT2D eigenvalue weighted by atomic mass is 10.1. The van der Waals surface area contributed by atoms with E-state index in [1.807, 2.05) is 73.7 Å². The largest absolute Gasteiger partial charge is 0.489 e. The van der Waals surface area contributed by atoms with Crippen LogP contribution in [0.5, 0.6) is 5.75 Å². The number of rotatable bonds is 8. The van der Waals surface area contributed by atoms with Crippen LogP contribution in [0.2, 0.25) is 0 Å². The van der Waals surface area contributed by atoms with Gasteiger partial charge in [0.25, 0.3) is 5.91 Å². The molecule has 32 heavy (non-hydrogen) atoms. The number of fused-ring (bicyclic) bond motifs is 1. The molecule has 0 atom stereocenters. The van der Waals surface area contributed by atoms with Crippen molar-refractivity contribution in [3.8, 4) is 5.75 Å². The average molecular weight is 425 g/mol. The second kappa shape index (κ2) is 10.3. The molecule has 0 aliphatic heterocycles. The smallest absolute Gasteiger partial charge is 0.265 e. The maximum absolute atomic E-state index is 11.9. The van der Waals surface area contributed by atoms with Gasteiger partial charge in [-0.1, -0.05) is 65.3 Å². The number of carbonyl (C=O) groups is 1. The van der Waals surface area contributed by atoms with E-state index in [-0.39, 0.29) is 12.5 Å². The van der Waals surface area contributed by atoms with Crippen molar-refractivity contribution in [3.05, 3.63) is 108 Å². The molecule has 0 unspecified atom stereocenters. The molecular formula is C27H24N2O3. The van der Waals surface area contributed by atoms with Gasteiger partial charge >= 0.3 is 0 Å². The van der Waals surface area contributed by atoms with Crippen molar-refractivity contribution in [2.24, 2.45) is 5.16 Å². The van der Waals surface area contributed by atoms with Gasteiger partial charge in [-0.05, 0) is 65.2 Å². The molecule has 1 amide bonds. The van der Waals surface area contributed by atoms with E-state index >= 15 is 0 Å². The summed E-state index contributed by atoms with van der Waals surface area (Å²) in [6.07, 6.45) is 1.56. The Hall–Kier alpha value is -4.12. The van der Waals surface area contributed by atoms with Crippen molar-refractivity contribution < 1.29 is 14.4 Å². The second-order valence-electron chi connectivity index (χ2n) is 7.42. The van der Waals surface area contributed by atoms with Gasteiger partial charge in [-0.15, -0.1) is 0 Å². The van der Waals surface area contributed by atoms with Crippen molar-refractivity contribution >= 4 is 28.6 Å². The fourth-order valence-electron chi connectivity index (χ4n) is 3.26. The highest BCUT2D eigenvalue weighted by molar-refractivity contribution is 5.91. The van der Waals surface area contributed by atoms with Crippen molar-refractivity contribution in [1.29, 1.82) is 0 Å². The highest BCUT2D eigenvalue weighted by Crippen LogP contribution is 2.21. The molecule has 0 aliphatic carbocycles. The van der Waals surface area contributed by atoms with Crippen LogP contribution in [0.3, 0.4) is 0 Å². The third-order valence-corrected chi connectivity index (χ3v) is 4.96. The first-order valence-corrected chi connectivity index (χ1v) is 10.4. The number of benzene rings is 4. The first kappa shape index (κ1) is 21.1. The summed E-state index contributed by atoms with van der Waals surface area (Å²) >= 11 is 0. The molecule has 0 spiro atoms. The normalized spacial score (nSPS) is 10.9. The van der Waals surface area contributed by atoms with E-state index in [1.165, 1.54) is 10.8 Å². The van der Waals surface area contributed by atoms with E-state index < -0.39 is 0 Å². The number of nitrogens with zero attached hydrogens (tertiary/aromatic N) is 1. The van der Waals surface area contributed by atoms with Crippen LogP contribution >= 0.6 is 0 Å². The van der Waals surface area contributed by atoms with Crippen molar-refractivity contribution in [1.82, 2.24) is 0 Å². The molecule has 0 radical (unpaired) electrons. The Morgan fingerprint density at radius 2 is 1.66 bits per heavy atom. The standard InChI is InChI=1S/C27H24N2O3/c1-20-9-13-24(14-10-20)29-27(30)19-32-28-17-21-11-15-25(16-12-21)31-18-23-7-4-6-22-5-2-3-8-26(22)23/h2-17H,18-19H2,1H3,(H,29,30)/b28-17+.